The molecule has 0 aliphatic heterocycles. The average molecular weight is 328 g/mol. The molecule has 1 rings (SSSR count). The van der Waals surface area contributed by atoms with Gasteiger partial charge in [-0.25, -0.2) is 4.79 Å². The Labute approximate surface area is 141 Å². The Morgan fingerprint density at radius 1 is 1.26 bits per heavy atom. The lowest BCUT2D eigenvalue weighted by molar-refractivity contribution is 0.0514. The zero-order valence-corrected chi connectivity index (χ0v) is 15.8. The summed E-state index contributed by atoms with van der Waals surface area (Å²) in [6.07, 6.45) is 3.19. The number of nitrogens with one attached hydrogen (secondary N) is 2. The number of rotatable bonds is 8. The highest BCUT2D eigenvalue weighted by molar-refractivity contribution is 5.67. The second-order valence-electron chi connectivity index (χ2n) is 7.86. The first kappa shape index (κ1) is 20.2. The normalized spacial score (nSPS) is 23.1. The second-order valence-corrected chi connectivity index (χ2v) is 7.86. The third kappa shape index (κ3) is 8.02. The molecule has 1 aliphatic rings. The lowest BCUT2D eigenvalue weighted by Crippen LogP contribution is -2.48. The molecule has 1 fully saturated rings. The lowest BCUT2D eigenvalue weighted by Gasteiger charge is -2.30. The van der Waals surface area contributed by atoms with E-state index in [1.165, 1.54) is 6.42 Å². The fourth-order valence-corrected chi connectivity index (χ4v) is 2.98. The first-order valence-corrected chi connectivity index (χ1v) is 9.03. The quantitative estimate of drug-likeness (QED) is 0.717. The van der Waals surface area contributed by atoms with Crippen molar-refractivity contribution in [1.82, 2.24) is 10.6 Å². The van der Waals surface area contributed by atoms with Crippen LogP contribution in [0.5, 0.6) is 0 Å². The van der Waals surface area contributed by atoms with Crippen molar-refractivity contribution in [3.8, 4) is 0 Å². The summed E-state index contributed by atoms with van der Waals surface area (Å²) >= 11 is 0. The SMILES string of the molecule is CCOCC(NC1CCCC1CNC(=O)OC(C)(C)C)C(C)C. The van der Waals surface area contributed by atoms with Crippen molar-refractivity contribution in [3.05, 3.63) is 0 Å². The Balaban J connectivity index is 2.45. The minimum Gasteiger partial charge on any atom is -0.444 e. The average Bonchev–Trinajstić information content (AvgIpc) is 2.86. The maximum atomic E-state index is 11.8. The van der Waals surface area contributed by atoms with E-state index in [1.54, 1.807) is 0 Å². The van der Waals surface area contributed by atoms with E-state index in [-0.39, 0.29) is 6.09 Å². The Morgan fingerprint density at radius 2 is 1.96 bits per heavy atom. The van der Waals surface area contributed by atoms with Crippen molar-refractivity contribution in [2.24, 2.45) is 11.8 Å². The summed E-state index contributed by atoms with van der Waals surface area (Å²) in [5.41, 5.74) is -0.447. The van der Waals surface area contributed by atoms with Gasteiger partial charge in [0.2, 0.25) is 0 Å². The molecular formula is C18H36N2O3. The smallest absolute Gasteiger partial charge is 0.407 e. The van der Waals surface area contributed by atoms with E-state index < -0.39 is 5.60 Å². The largest absolute Gasteiger partial charge is 0.444 e. The van der Waals surface area contributed by atoms with Crippen LogP contribution in [-0.2, 0) is 9.47 Å². The number of ether oxygens (including phenoxy) is 2. The van der Waals surface area contributed by atoms with E-state index in [9.17, 15) is 4.79 Å². The van der Waals surface area contributed by atoms with Crippen LogP contribution in [0.4, 0.5) is 4.79 Å². The van der Waals surface area contributed by atoms with Gasteiger partial charge in [0.15, 0.2) is 0 Å². The van der Waals surface area contributed by atoms with Crippen molar-refractivity contribution >= 4 is 6.09 Å². The maximum absolute atomic E-state index is 11.8. The van der Waals surface area contributed by atoms with Crippen molar-refractivity contribution < 1.29 is 14.3 Å². The van der Waals surface area contributed by atoms with Gasteiger partial charge in [0, 0.05) is 25.2 Å². The summed E-state index contributed by atoms with van der Waals surface area (Å²) < 4.78 is 10.9. The van der Waals surface area contributed by atoms with Crippen molar-refractivity contribution in [2.45, 2.75) is 78.5 Å². The number of hydrogen-bond donors (Lipinski definition) is 2. The first-order valence-electron chi connectivity index (χ1n) is 9.03. The van der Waals surface area contributed by atoms with Gasteiger partial charge in [-0.3, -0.25) is 0 Å². The third-order valence-electron chi connectivity index (χ3n) is 4.30. The highest BCUT2D eigenvalue weighted by Crippen LogP contribution is 2.26. The fraction of sp³-hybridized carbons (Fsp3) is 0.944. The topological polar surface area (TPSA) is 59.6 Å². The molecule has 0 radical (unpaired) electrons. The molecule has 0 spiro atoms. The summed E-state index contributed by atoms with van der Waals surface area (Å²) in [7, 11) is 0. The van der Waals surface area contributed by atoms with E-state index in [1.807, 2.05) is 27.7 Å². The van der Waals surface area contributed by atoms with Crippen LogP contribution in [0.1, 0.15) is 60.8 Å². The molecule has 0 heterocycles. The Hall–Kier alpha value is -0.810. The molecule has 136 valence electrons. The van der Waals surface area contributed by atoms with Crippen LogP contribution >= 0.6 is 0 Å². The van der Waals surface area contributed by atoms with Gasteiger partial charge in [0.05, 0.1) is 6.61 Å². The van der Waals surface area contributed by atoms with E-state index in [0.29, 0.717) is 30.5 Å². The van der Waals surface area contributed by atoms with E-state index in [4.69, 9.17) is 9.47 Å². The van der Waals surface area contributed by atoms with E-state index in [2.05, 4.69) is 24.5 Å². The standard InChI is InChI=1S/C18H36N2O3/c1-7-22-12-16(13(2)3)20-15-10-8-9-14(15)11-19-17(21)23-18(4,5)6/h13-16,20H,7-12H2,1-6H3,(H,19,21). The number of alkyl carbamates (subject to hydrolysis) is 1. The van der Waals surface area contributed by atoms with Crippen LogP contribution in [0.15, 0.2) is 0 Å². The van der Waals surface area contributed by atoms with Crippen LogP contribution in [0.25, 0.3) is 0 Å². The predicted molar refractivity (Wildman–Crippen MR) is 93.6 cm³/mol. The number of hydrogen-bond acceptors (Lipinski definition) is 4. The Kier molecular flexibility index (Phi) is 8.34. The Bertz CT molecular complexity index is 353. The minimum atomic E-state index is -0.447. The minimum absolute atomic E-state index is 0.321. The highest BCUT2D eigenvalue weighted by Gasteiger charge is 2.30. The van der Waals surface area contributed by atoms with Gasteiger partial charge >= 0.3 is 6.09 Å². The van der Waals surface area contributed by atoms with Gasteiger partial charge in [-0.2, -0.15) is 0 Å². The van der Waals surface area contributed by atoms with Gasteiger partial charge in [-0.05, 0) is 52.4 Å². The summed E-state index contributed by atoms with van der Waals surface area (Å²) in [6.45, 7) is 14.3. The molecular weight excluding hydrogens is 292 g/mol. The molecule has 0 saturated heterocycles. The molecule has 2 N–H and O–H groups in total. The summed E-state index contributed by atoms with van der Waals surface area (Å²) in [6, 6.07) is 0.805. The molecule has 3 atom stereocenters. The zero-order chi connectivity index (χ0) is 17.5. The van der Waals surface area contributed by atoms with Crippen molar-refractivity contribution in [1.29, 1.82) is 0 Å². The maximum Gasteiger partial charge on any atom is 0.407 e. The molecule has 0 aromatic heterocycles. The third-order valence-corrected chi connectivity index (χ3v) is 4.30. The first-order chi connectivity index (χ1) is 10.7. The van der Waals surface area contributed by atoms with Gasteiger partial charge in [-0.15, -0.1) is 0 Å². The van der Waals surface area contributed by atoms with Crippen molar-refractivity contribution in [3.63, 3.8) is 0 Å². The monoisotopic (exact) mass is 328 g/mol. The predicted octanol–water partition coefficient (Wildman–Crippen LogP) is 3.33. The molecule has 3 unspecified atom stereocenters. The van der Waals surface area contributed by atoms with E-state index >= 15 is 0 Å². The molecule has 1 amide bonds. The Morgan fingerprint density at radius 3 is 2.52 bits per heavy atom. The van der Waals surface area contributed by atoms with Gasteiger partial charge in [0.25, 0.3) is 0 Å². The molecule has 5 heteroatoms. The van der Waals surface area contributed by atoms with Gasteiger partial charge in [-0.1, -0.05) is 20.3 Å². The number of carbonyl (C=O) groups is 1. The van der Waals surface area contributed by atoms with Crippen LogP contribution in [0, 0.1) is 11.8 Å². The summed E-state index contributed by atoms with van der Waals surface area (Å²) in [4.78, 5) is 11.8. The zero-order valence-electron chi connectivity index (χ0n) is 15.8. The van der Waals surface area contributed by atoms with Gasteiger partial charge in [0.1, 0.15) is 5.60 Å². The molecule has 23 heavy (non-hydrogen) atoms. The van der Waals surface area contributed by atoms with Crippen molar-refractivity contribution in [2.75, 3.05) is 19.8 Å². The molecule has 0 aromatic rings. The van der Waals surface area contributed by atoms with E-state index in [0.717, 1.165) is 26.1 Å². The number of carbonyl (C=O) groups excluding carboxylic acids is 1. The molecule has 0 bridgehead atoms. The number of amides is 1. The molecule has 1 saturated carbocycles. The van der Waals surface area contributed by atoms with Crippen LogP contribution in [0.3, 0.4) is 0 Å². The second kappa shape index (κ2) is 9.48. The molecule has 0 aromatic carbocycles. The highest BCUT2D eigenvalue weighted by atomic mass is 16.6. The molecule has 5 nitrogen and oxygen atoms in total. The molecule has 1 aliphatic carbocycles. The lowest BCUT2D eigenvalue weighted by atomic mass is 9.99. The van der Waals surface area contributed by atoms with Crippen LogP contribution in [0.2, 0.25) is 0 Å². The van der Waals surface area contributed by atoms with Crippen LogP contribution in [-0.4, -0.2) is 43.5 Å². The summed E-state index contributed by atoms with van der Waals surface area (Å²) in [5, 5.41) is 6.68. The fourth-order valence-electron chi connectivity index (χ4n) is 2.98. The van der Waals surface area contributed by atoms with Gasteiger partial charge < -0.3 is 20.1 Å². The summed E-state index contributed by atoms with van der Waals surface area (Å²) in [5.74, 6) is 0.993. The van der Waals surface area contributed by atoms with Crippen LogP contribution < -0.4 is 10.6 Å².